The Morgan fingerprint density at radius 3 is 2.67 bits per heavy atom. The summed E-state index contributed by atoms with van der Waals surface area (Å²) in [6.07, 6.45) is 3.08. The van der Waals surface area contributed by atoms with Crippen molar-refractivity contribution >= 4 is 11.6 Å². The first kappa shape index (κ1) is 16.0. The van der Waals surface area contributed by atoms with Crippen molar-refractivity contribution < 1.29 is 5.11 Å². The van der Waals surface area contributed by atoms with Gasteiger partial charge < -0.3 is 5.11 Å². The van der Waals surface area contributed by atoms with Crippen LogP contribution in [0.1, 0.15) is 31.1 Å². The molecule has 1 aromatic carbocycles. The Bertz CT molecular complexity index is 560. The molecule has 0 fully saturated rings. The fourth-order valence-electron chi connectivity index (χ4n) is 2.23. The second-order valence-electron chi connectivity index (χ2n) is 5.46. The maximum Gasteiger partial charge on any atom is 0.0917 e. The van der Waals surface area contributed by atoms with E-state index < -0.39 is 6.10 Å². The molecule has 2 rings (SSSR count). The van der Waals surface area contributed by atoms with E-state index in [0.29, 0.717) is 17.6 Å². The van der Waals surface area contributed by atoms with Gasteiger partial charge in [-0.1, -0.05) is 29.8 Å². The average molecular weight is 305 g/mol. The number of hydrogen-bond donors (Lipinski definition) is 1. The summed E-state index contributed by atoms with van der Waals surface area (Å²) in [6.45, 7) is 5.58. The highest BCUT2D eigenvalue weighted by Crippen LogP contribution is 2.20. The summed E-state index contributed by atoms with van der Waals surface area (Å²) in [4.78, 5) is 6.36. The zero-order valence-corrected chi connectivity index (χ0v) is 13.2. The summed E-state index contributed by atoms with van der Waals surface area (Å²) in [5.41, 5.74) is 1.99. The van der Waals surface area contributed by atoms with E-state index in [1.807, 2.05) is 42.6 Å². The van der Waals surface area contributed by atoms with Gasteiger partial charge >= 0.3 is 0 Å². The third kappa shape index (κ3) is 4.81. The smallest absolute Gasteiger partial charge is 0.0917 e. The fraction of sp³-hybridized carbons (Fsp3) is 0.353. The fourth-order valence-corrected chi connectivity index (χ4v) is 2.42. The van der Waals surface area contributed by atoms with Crippen molar-refractivity contribution in [2.75, 3.05) is 6.54 Å². The van der Waals surface area contributed by atoms with Gasteiger partial charge in [0.15, 0.2) is 0 Å². The maximum absolute atomic E-state index is 10.4. The second kappa shape index (κ2) is 7.55. The van der Waals surface area contributed by atoms with Crippen molar-refractivity contribution in [1.29, 1.82) is 0 Å². The van der Waals surface area contributed by atoms with Crippen LogP contribution in [0.2, 0.25) is 5.02 Å². The highest BCUT2D eigenvalue weighted by molar-refractivity contribution is 6.30. The topological polar surface area (TPSA) is 36.4 Å². The SMILES string of the molecule is CC(C)N(Cc1cccnc1)CC(O)c1cccc(Cl)c1. The number of halogens is 1. The highest BCUT2D eigenvalue weighted by Gasteiger charge is 2.16. The summed E-state index contributed by atoms with van der Waals surface area (Å²) in [7, 11) is 0. The van der Waals surface area contributed by atoms with Gasteiger partial charge in [0.05, 0.1) is 6.10 Å². The van der Waals surface area contributed by atoms with Gasteiger partial charge in [0, 0.05) is 36.5 Å². The molecule has 1 N–H and O–H groups in total. The first-order valence-corrected chi connectivity index (χ1v) is 7.50. The molecule has 0 radical (unpaired) electrons. The summed E-state index contributed by atoms with van der Waals surface area (Å²) in [5, 5.41) is 11.1. The Kier molecular flexibility index (Phi) is 5.74. The molecule has 0 aliphatic carbocycles. The molecule has 112 valence electrons. The lowest BCUT2D eigenvalue weighted by atomic mass is 10.1. The van der Waals surface area contributed by atoms with Gasteiger partial charge in [0.1, 0.15) is 0 Å². The number of pyridine rings is 1. The van der Waals surface area contributed by atoms with Crippen LogP contribution in [0.4, 0.5) is 0 Å². The van der Waals surface area contributed by atoms with Crippen LogP contribution in [0.25, 0.3) is 0 Å². The zero-order valence-electron chi connectivity index (χ0n) is 12.4. The normalized spacial score (nSPS) is 12.9. The lowest BCUT2D eigenvalue weighted by molar-refractivity contribution is 0.0907. The summed E-state index contributed by atoms with van der Waals surface area (Å²) < 4.78 is 0. The van der Waals surface area contributed by atoms with Crippen molar-refractivity contribution in [2.24, 2.45) is 0 Å². The van der Waals surface area contributed by atoms with Crippen LogP contribution in [0.5, 0.6) is 0 Å². The average Bonchev–Trinajstić information content (AvgIpc) is 2.47. The van der Waals surface area contributed by atoms with Crippen molar-refractivity contribution in [2.45, 2.75) is 32.5 Å². The van der Waals surface area contributed by atoms with Gasteiger partial charge in [-0.3, -0.25) is 9.88 Å². The van der Waals surface area contributed by atoms with Gasteiger partial charge in [-0.15, -0.1) is 0 Å². The first-order chi connectivity index (χ1) is 10.1. The van der Waals surface area contributed by atoms with Crippen molar-refractivity contribution in [3.05, 3.63) is 64.9 Å². The molecule has 1 atom stereocenters. The number of aliphatic hydroxyl groups excluding tert-OH is 1. The molecule has 0 bridgehead atoms. The van der Waals surface area contributed by atoms with E-state index in [1.54, 1.807) is 6.20 Å². The number of rotatable bonds is 6. The van der Waals surface area contributed by atoms with Crippen molar-refractivity contribution in [3.8, 4) is 0 Å². The lowest BCUT2D eigenvalue weighted by Gasteiger charge is -2.29. The van der Waals surface area contributed by atoms with E-state index in [9.17, 15) is 5.11 Å². The monoisotopic (exact) mass is 304 g/mol. The Balaban J connectivity index is 2.06. The van der Waals surface area contributed by atoms with Crippen LogP contribution >= 0.6 is 11.6 Å². The van der Waals surface area contributed by atoms with E-state index in [4.69, 9.17) is 11.6 Å². The number of aliphatic hydroxyl groups is 1. The van der Waals surface area contributed by atoms with E-state index in [-0.39, 0.29) is 0 Å². The van der Waals surface area contributed by atoms with Crippen LogP contribution in [-0.2, 0) is 6.54 Å². The molecule has 0 amide bonds. The minimum absolute atomic E-state index is 0.332. The number of benzene rings is 1. The molecule has 21 heavy (non-hydrogen) atoms. The van der Waals surface area contributed by atoms with E-state index in [0.717, 1.165) is 17.7 Å². The van der Waals surface area contributed by atoms with Crippen LogP contribution < -0.4 is 0 Å². The van der Waals surface area contributed by atoms with Gasteiger partial charge in [-0.05, 0) is 43.2 Å². The predicted molar refractivity (Wildman–Crippen MR) is 86.2 cm³/mol. The van der Waals surface area contributed by atoms with Crippen LogP contribution in [-0.4, -0.2) is 27.6 Å². The molecular weight excluding hydrogens is 284 g/mol. The standard InChI is InChI=1S/C17H21ClN2O/c1-13(2)20(11-14-5-4-8-19-10-14)12-17(21)15-6-3-7-16(18)9-15/h3-10,13,17,21H,11-12H2,1-2H3. The minimum atomic E-state index is -0.553. The van der Waals surface area contributed by atoms with Gasteiger partial charge in [0.2, 0.25) is 0 Å². The molecule has 2 aromatic rings. The minimum Gasteiger partial charge on any atom is -0.387 e. The van der Waals surface area contributed by atoms with E-state index >= 15 is 0 Å². The Labute approximate surface area is 131 Å². The Hall–Kier alpha value is -1.42. The summed E-state index contributed by atoms with van der Waals surface area (Å²) in [6, 6.07) is 11.7. The van der Waals surface area contributed by atoms with Crippen LogP contribution in [0.3, 0.4) is 0 Å². The first-order valence-electron chi connectivity index (χ1n) is 7.12. The van der Waals surface area contributed by atoms with Crippen molar-refractivity contribution in [1.82, 2.24) is 9.88 Å². The van der Waals surface area contributed by atoms with Crippen molar-refractivity contribution in [3.63, 3.8) is 0 Å². The lowest BCUT2D eigenvalue weighted by Crippen LogP contribution is -2.34. The molecule has 0 saturated carbocycles. The quantitative estimate of drug-likeness (QED) is 0.884. The van der Waals surface area contributed by atoms with Crippen LogP contribution in [0.15, 0.2) is 48.8 Å². The molecular formula is C17H21ClN2O. The molecule has 0 aliphatic rings. The number of hydrogen-bond acceptors (Lipinski definition) is 3. The molecule has 1 heterocycles. The largest absolute Gasteiger partial charge is 0.387 e. The number of nitrogens with zero attached hydrogens (tertiary/aromatic N) is 2. The van der Waals surface area contributed by atoms with Gasteiger partial charge in [0.25, 0.3) is 0 Å². The molecule has 4 heteroatoms. The summed E-state index contributed by atoms with van der Waals surface area (Å²) >= 11 is 5.98. The Morgan fingerprint density at radius 2 is 2.05 bits per heavy atom. The zero-order chi connectivity index (χ0) is 15.2. The number of aromatic nitrogens is 1. The Morgan fingerprint density at radius 1 is 1.24 bits per heavy atom. The van der Waals surface area contributed by atoms with Crippen LogP contribution in [0, 0.1) is 0 Å². The molecule has 0 spiro atoms. The predicted octanol–water partition coefficient (Wildman–Crippen LogP) is 3.68. The van der Waals surface area contributed by atoms with Gasteiger partial charge in [-0.2, -0.15) is 0 Å². The van der Waals surface area contributed by atoms with E-state index in [2.05, 4.69) is 23.7 Å². The molecule has 3 nitrogen and oxygen atoms in total. The molecule has 0 aliphatic heterocycles. The molecule has 0 saturated heterocycles. The maximum atomic E-state index is 10.4. The second-order valence-corrected chi connectivity index (χ2v) is 5.89. The summed E-state index contributed by atoms with van der Waals surface area (Å²) in [5.74, 6) is 0. The third-order valence-corrected chi connectivity index (χ3v) is 3.71. The third-order valence-electron chi connectivity index (χ3n) is 3.48. The molecule has 1 unspecified atom stereocenters. The highest BCUT2D eigenvalue weighted by atomic mass is 35.5. The molecule has 1 aromatic heterocycles. The van der Waals surface area contributed by atoms with E-state index in [1.165, 1.54) is 0 Å². The van der Waals surface area contributed by atoms with Gasteiger partial charge in [-0.25, -0.2) is 0 Å².